The van der Waals surface area contributed by atoms with Crippen LogP contribution in [0.5, 0.6) is 5.75 Å². The molecule has 0 spiro atoms. The van der Waals surface area contributed by atoms with E-state index in [1.165, 1.54) is 28.0 Å². The molecule has 0 fully saturated rings. The number of hydrogen-bond donors (Lipinski definition) is 1. The molecule has 8 nitrogen and oxygen atoms in total. The number of fused-ring (bicyclic) bond motifs is 3. The highest BCUT2D eigenvalue weighted by Gasteiger charge is 2.26. The molecule has 11 heteroatoms. The number of carbonyl (C=O) groups excluding carboxylic acids is 2. The monoisotopic (exact) mass is 645 g/mol. The minimum Gasteiger partial charge on any atom is -0.497 e. The minimum atomic E-state index is -0.511. The quantitative estimate of drug-likeness (QED) is 0.103. The van der Waals surface area contributed by atoms with E-state index in [1.54, 1.807) is 29.9 Å². The SMILES string of the molecule is CCOC(=O)c1c(-c2ccc(OC)cc2)csc1NC(=O)CSc1nc2sc3c(c2c(=O)n1-c1ccccc1)CC[C@@H](C)C3. The largest absolute Gasteiger partial charge is 0.497 e. The molecule has 1 N–H and O–H groups in total. The molecule has 5 aromatic rings. The van der Waals surface area contributed by atoms with E-state index in [2.05, 4.69) is 12.2 Å². The molecule has 1 aliphatic rings. The number of methoxy groups -OCH3 is 1. The molecule has 0 bridgehead atoms. The van der Waals surface area contributed by atoms with Crippen molar-refractivity contribution < 1.29 is 19.1 Å². The molecule has 0 saturated carbocycles. The zero-order valence-electron chi connectivity index (χ0n) is 24.5. The van der Waals surface area contributed by atoms with Crippen molar-refractivity contribution in [2.45, 2.75) is 38.3 Å². The van der Waals surface area contributed by atoms with Gasteiger partial charge in [0.25, 0.3) is 5.56 Å². The van der Waals surface area contributed by atoms with Crippen LogP contribution in [0.25, 0.3) is 27.0 Å². The molecular formula is C33H31N3O5S3. The van der Waals surface area contributed by atoms with Crippen LogP contribution >= 0.6 is 34.4 Å². The van der Waals surface area contributed by atoms with Crippen molar-refractivity contribution in [2.24, 2.45) is 5.92 Å². The Labute approximate surface area is 267 Å². The Balaban J connectivity index is 1.30. The topological polar surface area (TPSA) is 99.5 Å². The molecule has 6 rings (SSSR count). The van der Waals surface area contributed by atoms with Gasteiger partial charge in [-0.3, -0.25) is 14.2 Å². The third-order valence-corrected chi connectivity index (χ3v) is 10.6. The van der Waals surface area contributed by atoms with Crippen LogP contribution in [0.3, 0.4) is 0 Å². The van der Waals surface area contributed by atoms with Crippen LogP contribution in [0.15, 0.2) is 69.9 Å². The number of para-hydroxylation sites is 1. The number of amides is 1. The predicted octanol–water partition coefficient (Wildman–Crippen LogP) is 7.22. The summed E-state index contributed by atoms with van der Waals surface area (Å²) in [7, 11) is 1.59. The van der Waals surface area contributed by atoms with Crippen molar-refractivity contribution >= 4 is 61.5 Å². The van der Waals surface area contributed by atoms with E-state index in [4.69, 9.17) is 14.5 Å². The summed E-state index contributed by atoms with van der Waals surface area (Å²) in [6.07, 6.45) is 2.88. The highest BCUT2D eigenvalue weighted by Crippen LogP contribution is 2.38. The van der Waals surface area contributed by atoms with Crippen molar-refractivity contribution in [3.63, 3.8) is 0 Å². The number of thiophene rings is 2. The fraction of sp³-hybridized carbons (Fsp3) is 0.273. The van der Waals surface area contributed by atoms with Crippen LogP contribution in [0.4, 0.5) is 5.00 Å². The highest BCUT2D eigenvalue weighted by molar-refractivity contribution is 7.99. The van der Waals surface area contributed by atoms with Gasteiger partial charge in [-0.25, -0.2) is 9.78 Å². The lowest BCUT2D eigenvalue weighted by molar-refractivity contribution is -0.113. The number of esters is 1. The Hall–Kier alpha value is -3.93. The lowest BCUT2D eigenvalue weighted by atomic mass is 9.89. The van der Waals surface area contributed by atoms with Gasteiger partial charge in [-0.1, -0.05) is 49.0 Å². The number of hydrogen-bond acceptors (Lipinski definition) is 9. The third kappa shape index (κ3) is 5.91. The standard InChI is InChI=1S/C33H31N3O5S3/c1-4-41-32(39)28-24(20-11-13-22(40-3)14-12-20)17-42-29(28)34-26(37)18-43-33-35-30-27(23-15-10-19(2)16-25(23)44-30)31(38)36(33)21-8-6-5-7-9-21/h5-9,11-14,17,19H,4,10,15-16,18H2,1-3H3,(H,34,37)/t19-/m1/s1. The summed E-state index contributed by atoms with van der Waals surface area (Å²) in [5, 5.41) is 6.29. The summed E-state index contributed by atoms with van der Waals surface area (Å²) in [4.78, 5) is 47.3. The molecular weight excluding hydrogens is 615 g/mol. The van der Waals surface area contributed by atoms with Crippen LogP contribution in [-0.2, 0) is 22.4 Å². The van der Waals surface area contributed by atoms with Gasteiger partial charge in [-0.2, -0.15) is 0 Å². The first-order valence-corrected chi connectivity index (χ1v) is 17.0. The number of thioether (sulfide) groups is 1. The van der Waals surface area contributed by atoms with E-state index in [9.17, 15) is 14.4 Å². The van der Waals surface area contributed by atoms with E-state index in [0.29, 0.717) is 44.0 Å². The number of rotatable bonds is 9. The average Bonchev–Trinajstić information content (AvgIpc) is 3.61. The Morgan fingerprint density at radius 3 is 2.64 bits per heavy atom. The summed E-state index contributed by atoms with van der Waals surface area (Å²) < 4.78 is 12.2. The number of nitrogens with one attached hydrogen (secondary N) is 1. The molecule has 0 radical (unpaired) electrons. The number of ether oxygens (including phenoxy) is 2. The molecule has 0 saturated heterocycles. The van der Waals surface area contributed by atoms with E-state index in [-0.39, 0.29) is 23.8 Å². The van der Waals surface area contributed by atoms with Gasteiger partial charge >= 0.3 is 5.97 Å². The molecule has 226 valence electrons. The van der Waals surface area contributed by atoms with Crippen molar-refractivity contribution in [3.8, 4) is 22.6 Å². The Morgan fingerprint density at radius 2 is 1.91 bits per heavy atom. The third-order valence-electron chi connectivity index (χ3n) is 7.57. The van der Waals surface area contributed by atoms with Crippen molar-refractivity contribution in [3.05, 3.63) is 86.3 Å². The maximum Gasteiger partial charge on any atom is 0.341 e. The van der Waals surface area contributed by atoms with Gasteiger partial charge in [0.2, 0.25) is 5.91 Å². The summed E-state index contributed by atoms with van der Waals surface area (Å²) in [5.74, 6) is 0.433. The van der Waals surface area contributed by atoms with E-state index in [1.807, 2.05) is 60.0 Å². The number of nitrogens with zero attached hydrogens (tertiary/aromatic N) is 2. The van der Waals surface area contributed by atoms with Crippen LogP contribution in [-0.4, -0.2) is 40.9 Å². The smallest absolute Gasteiger partial charge is 0.341 e. The normalized spacial score (nSPS) is 14.3. The van der Waals surface area contributed by atoms with Crippen LogP contribution in [0, 0.1) is 5.92 Å². The van der Waals surface area contributed by atoms with Gasteiger partial charge < -0.3 is 14.8 Å². The number of aryl methyl sites for hydroxylation is 1. The highest BCUT2D eigenvalue weighted by atomic mass is 32.2. The zero-order chi connectivity index (χ0) is 30.8. The fourth-order valence-electron chi connectivity index (χ4n) is 5.40. The van der Waals surface area contributed by atoms with Gasteiger partial charge in [0.15, 0.2) is 5.16 Å². The van der Waals surface area contributed by atoms with Gasteiger partial charge in [0.05, 0.1) is 30.5 Å². The molecule has 44 heavy (non-hydrogen) atoms. The Morgan fingerprint density at radius 1 is 1.14 bits per heavy atom. The second-order valence-corrected chi connectivity index (χ2v) is 13.4. The Kier molecular flexibility index (Phi) is 8.88. The first-order valence-electron chi connectivity index (χ1n) is 14.4. The van der Waals surface area contributed by atoms with Crippen molar-refractivity contribution in [2.75, 3.05) is 24.8 Å². The van der Waals surface area contributed by atoms with Crippen molar-refractivity contribution in [1.29, 1.82) is 0 Å². The summed E-state index contributed by atoms with van der Waals surface area (Å²) in [6, 6.07) is 16.8. The first kappa shape index (κ1) is 30.1. The van der Waals surface area contributed by atoms with E-state index in [0.717, 1.165) is 35.2 Å². The second-order valence-electron chi connectivity index (χ2n) is 10.5. The number of carbonyl (C=O) groups is 2. The van der Waals surface area contributed by atoms with Gasteiger partial charge in [-0.15, -0.1) is 22.7 Å². The molecule has 0 unspecified atom stereocenters. The van der Waals surface area contributed by atoms with Crippen LogP contribution in [0.1, 0.15) is 41.1 Å². The lowest BCUT2D eigenvalue weighted by Gasteiger charge is -2.17. The second kappa shape index (κ2) is 13.0. The number of benzene rings is 2. The van der Waals surface area contributed by atoms with Gasteiger partial charge in [-0.05, 0) is 67.5 Å². The van der Waals surface area contributed by atoms with E-state index >= 15 is 0 Å². The molecule has 1 atom stereocenters. The molecule has 3 aromatic heterocycles. The number of anilines is 1. The Bertz CT molecular complexity index is 1890. The zero-order valence-corrected chi connectivity index (χ0v) is 27.0. The molecule has 0 aliphatic heterocycles. The summed E-state index contributed by atoms with van der Waals surface area (Å²) in [6.45, 7) is 4.19. The fourth-order valence-corrected chi connectivity index (χ4v) is 8.61. The molecule has 1 aliphatic carbocycles. The van der Waals surface area contributed by atoms with Gasteiger partial charge in [0, 0.05) is 15.8 Å². The first-order chi connectivity index (χ1) is 21.4. The van der Waals surface area contributed by atoms with Crippen molar-refractivity contribution in [1.82, 2.24) is 9.55 Å². The maximum absolute atomic E-state index is 14.0. The average molecular weight is 646 g/mol. The van der Waals surface area contributed by atoms with Crippen LogP contribution in [0.2, 0.25) is 0 Å². The lowest BCUT2D eigenvalue weighted by Crippen LogP contribution is -2.23. The predicted molar refractivity (Wildman–Crippen MR) is 178 cm³/mol. The molecule has 2 aromatic carbocycles. The maximum atomic E-state index is 14.0. The summed E-state index contributed by atoms with van der Waals surface area (Å²) in [5.41, 5.74) is 3.49. The number of aromatic nitrogens is 2. The molecule has 3 heterocycles. The van der Waals surface area contributed by atoms with Crippen LogP contribution < -0.4 is 15.6 Å². The summed E-state index contributed by atoms with van der Waals surface area (Å²) >= 11 is 4.05. The minimum absolute atomic E-state index is 0.00899. The van der Waals surface area contributed by atoms with Gasteiger partial charge in [0.1, 0.15) is 21.1 Å². The molecule has 1 amide bonds. The van der Waals surface area contributed by atoms with E-state index < -0.39 is 5.97 Å².